The summed E-state index contributed by atoms with van der Waals surface area (Å²) in [5.41, 5.74) is 1.71. The number of rotatable bonds is 4. The van der Waals surface area contributed by atoms with E-state index < -0.39 is 33.8 Å². The van der Waals surface area contributed by atoms with Gasteiger partial charge in [0.2, 0.25) is 15.9 Å². The molecule has 9 heteroatoms. The van der Waals surface area contributed by atoms with Crippen molar-refractivity contribution >= 4 is 33.4 Å². The molecule has 150 valence electrons. The molecule has 2 aromatic rings. The first-order valence-corrected chi connectivity index (χ1v) is 10.6. The molecule has 0 spiro atoms. The first-order chi connectivity index (χ1) is 13.8. The van der Waals surface area contributed by atoms with Gasteiger partial charge >= 0.3 is 0 Å². The predicted octanol–water partition coefficient (Wildman–Crippen LogP) is 1.67. The number of hydrogen-bond donors (Lipinski definition) is 2. The van der Waals surface area contributed by atoms with Crippen LogP contribution >= 0.6 is 0 Å². The molecule has 1 atom stereocenters. The van der Waals surface area contributed by atoms with Crippen LogP contribution in [0.2, 0.25) is 0 Å². The fourth-order valence-corrected chi connectivity index (χ4v) is 5.26. The summed E-state index contributed by atoms with van der Waals surface area (Å²) < 4.78 is 27.2. The Kier molecular flexibility index (Phi) is 4.71. The van der Waals surface area contributed by atoms with Gasteiger partial charge in [-0.05, 0) is 50.1 Å². The van der Waals surface area contributed by atoms with Crippen molar-refractivity contribution in [1.82, 2.24) is 9.62 Å². The fraction of sp³-hybridized carbons (Fsp3) is 0.250. The number of nitrogens with zero attached hydrogens (tertiary/aromatic N) is 1. The normalized spacial score (nSPS) is 19.1. The molecule has 1 saturated heterocycles. The van der Waals surface area contributed by atoms with Crippen LogP contribution in [0, 0.1) is 6.92 Å². The number of carbonyl (C=O) groups is 3. The van der Waals surface area contributed by atoms with Gasteiger partial charge in [0.05, 0.1) is 16.0 Å². The lowest BCUT2D eigenvalue weighted by Crippen LogP contribution is -2.43. The molecule has 2 aliphatic heterocycles. The lowest BCUT2D eigenvalue weighted by atomic mass is 10.1. The van der Waals surface area contributed by atoms with Crippen LogP contribution < -0.4 is 10.6 Å². The van der Waals surface area contributed by atoms with Crippen molar-refractivity contribution in [2.75, 3.05) is 11.9 Å². The Morgan fingerprint density at radius 1 is 1.07 bits per heavy atom. The Labute approximate surface area is 168 Å². The van der Waals surface area contributed by atoms with Crippen molar-refractivity contribution in [3.63, 3.8) is 0 Å². The summed E-state index contributed by atoms with van der Waals surface area (Å²) in [6.07, 6.45) is 0.977. The third-order valence-corrected chi connectivity index (χ3v) is 7.06. The number of imide groups is 1. The van der Waals surface area contributed by atoms with Crippen LogP contribution in [-0.4, -0.2) is 43.0 Å². The van der Waals surface area contributed by atoms with Crippen molar-refractivity contribution in [2.45, 2.75) is 30.7 Å². The highest BCUT2D eigenvalue weighted by Crippen LogP contribution is 2.28. The molecule has 2 aliphatic rings. The van der Waals surface area contributed by atoms with Crippen LogP contribution in [-0.2, 0) is 14.8 Å². The predicted molar refractivity (Wildman–Crippen MR) is 105 cm³/mol. The minimum absolute atomic E-state index is 0.149. The van der Waals surface area contributed by atoms with Crippen LogP contribution in [0.4, 0.5) is 5.69 Å². The van der Waals surface area contributed by atoms with E-state index in [1.807, 2.05) is 6.92 Å². The van der Waals surface area contributed by atoms with Gasteiger partial charge in [0.15, 0.2) is 0 Å². The first-order valence-electron chi connectivity index (χ1n) is 9.16. The highest BCUT2D eigenvalue weighted by Gasteiger charge is 2.39. The zero-order valence-electron chi connectivity index (χ0n) is 15.6. The SMILES string of the molecule is Cc1ccc(S(=O)(=O)N2CCC[C@H]2C(=O)Nc2ccc3c(c2)C(=O)NC3=O)cc1. The molecular weight excluding hydrogens is 394 g/mol. The minimum Gasteiger partial charge on any atom is -0.325 e. The van der Waals surface area contributed by atoms with Gasteiger partial charge in [-0.15, -0.1) is 0 Å². The van der Waals surface area contributed by atoms with Crippen molar-refractivity contribution in [3.8, 4) is 0 Å². The standard InChI is InChI=1S/C20H19N3O5S/c1-12-4-7-14(8-5-12)29(27,28)23-10-2-3-17(23)20(26)21-13-6-9-15-16(11-13)19(25)22-18(15)24/h4-9,11,17H,2-3,10H2,1H3,(H,21,26)(H,22,24,25)/t17-/m0/s1. The molecule has 8 nitrogen and oxygen atoms in total. The van der Waals surface area contributed by atoms with Crippen LogP contribution in [0.15, 0.2) is 47.4 Å². The summed E-state index contributed by atoms with van der Waals surface area (Å²) in [5, 5.41) is 4.86. The van der Waals surface area contributed by atoms with Crippen LogP contribution in [0.3, 0.4) is 0 Å². The molecular formula is C20H19N3O5S. The highest BCUT2D eigenvalue weighted by molar-refractivity contribution is 7.89. The van der Waals surface area contributed by atoms with Gasteiger partial charge in [0.25, 0.3) is 11.8 Å². The smallest absolute Gasteiger partial charge is 0.259 e. The summed E-state index contributed by atoms with van der Waals surface area (Å²) >= 11 is 0. The van der Waals surface area contributed by atoms with E-state index in [1.54, 1.807) is 12.1 Å². The molecule has 4 rings (SSSR count). The number of aryl methyl sites for hydroxylation is 1. The minimum atomic E-state index is -3.80. The average molecular weight is 413 g/mol. The maximum atomic E-state index is 13.0. The summed E-state index contributed by atoms with van der Waals surface area (Å²) in [6.45, 7) is 2.13. The highest BCUT2D eigenvalue weighted by atomic mass is 32.2. The lowest BCUT2D eigenvalue weighted by molar-refractivity contribution is -0.119. The monoisotopic (exact) mass is 413 g/mol. The Hall–Kier alpha value is -3.04. The van der Waals surface area contributed by atoms with E-state index in [9.17, 15) is 22.8 Å². The molecule has 2 heterocycles. The van der Waals surface area contributed by atoms with Gasteiger partial charge in [-0.1, -0.05) is 17.7 Å². The summed E-state index contributed by atoms with van der Waals surface area (Å²) in [6, 6.07) is 10.1. The Morgan fingerprint density at radius 2 is 1.76 bits per heavy atom. The van der Waals surface area contributed by atoms with E-state index in [0.29, 0.717) is 18.5 Å². The molecule has 0 saturated carbocycles. The maximum absolute atomic E-state index is 13.0. The van der Waals surface area contributed by atoms with Gasteiger partial charge in [-0.3, -0.25) is 19.7 Å². The molecule has 1 fully saturated rings. The van der Waals surface area contributed by atoms with E-state index >= 15 is 0 Å². The van der Waals surface area contributed by atoms with E-state index in [0.717, 1.165) is 5.56 Å². The van der Waals surface area contributed by atoms with Crippen LogP contribution in [0.5, 0.6) is 0 Å². The zero-order valence-corrected chi connectivity index (χ0v) is 16.5. The van der Waals surface area contributed by atoms with E-state index in [-0.39, 0.29) is 22.6 Å². The number of nitrogens with one attached hydrogen (secondary N) is 2. The second-order valence-corrected chi connectivity index (χ2v) is 9.01. The van der Waals surface area contributed by atoms with Gasteiger partial charge in [-0.25, -0.2) is 8.42 Å². The maximum Gasteiger partial charge on any atom is 0.259 e. The largest absolute Gasteiger partial charge is 0.325 e. The van der Waals surface area contributed by atoms with Crippen molar-refractivity contribution < 1.29 is 22.8 Å². The van der Waals surface area contributed by atoms with E-state index in [1.165, 1.54) is 34.6 Å². The molecule has 0 aliphatic carbocycles. The second kappa shape index (κ2) is 7.09. The Bertz CT molecular complexity index is 1130. The van der Waals surface area contributed by atoms with Crippen LogP contribution in [0.1, 0.15) is 39.1 Å². The molecule has 0 aromatic heterocycles. The average Bonchev–Trinajstić information content (AvgIpc) is 3.28. The third-order valence-electron chi connectivity index (χ3n) is 5.14. The molecule has 3 amide bonds. The first kappa shape index (κ1) is 19.3. The second-order valence-electron chi connectivity index (χ2n) is 7.12. The van der Waals surface area contributed by atoms with Gasteiger partial charge < -0.3 is 5.32 Å². The van der Waals surface area contributed by atoms with Gasteiger partial charge in [0, 0.05) is 12.2 Å². The Balaban J connectivity index is 1.56. The number of benzene rings is 2. The molecule has 2 aromatic carbocycles. The number of sulfonamides is 1. The van der Waals surface area contributed by atoms with Crippen molar-refractivity contribution in [3.05, 3.63) is 59.2 Å². The molecule has 29 heavy (non-hydrogen) atoms. The zero-order chi connectivity index (χ0) is 20.8. The van der Waals surface area contributed by atoms with Crippen LogP contribution in [0.25, 0.3) is 0 Å². The summed E-state index contributed by atoms with van der Waals surface area (Å²) in [5.74, 6) is -1.47. The number of fused-ring (bicyclic) bond motifs is 1. The number of hydrogen-bond acceptors (Lipinski definition) is 5. The van der Waals surface area contributed by atoms with E-state index in [4.69, 9.17) is 0 Å². The molecule has 0 bridgehead atoms. The van der Waals surface area contributed by atoms with Gasteiger partial charge in [-0.2, -0.15) is 4.31 Å². The Morgan fingerprint density at radius 3 is 2.48 bits per heavy atom. The van der Waals surface area contributed by atoms with Crippen molar-refractivity contribution in [1.29, 1.82) is 0 Å². The fourth-order valence-electron chi connectivity index (χ4n) is 3.61. The lowest BCUT2D eigenvalue weighted by Gasteiger charge is -2.23. The molecule has 0 radical (unpaired) electrons. The quantitative estimate of drug-likeness (QED) is 0.741. The molecule has 0 unspecified atom stereocenters. The number of carbonyl (C=O) groups excluding carboxylic acids is 3. The molecule has 2 N–H and O–H groups in total. The topological polar surface area (TPSA) is 113 Å². The number of anilines is 1. The summed E-state index contributed by atoms with van der Waals surface area (Å²) in [4.78, 5) is 36.4. The summed E-state index contributed by atoms with van der Waals surface area (Å²) in [7, 11) is -3.80. The van der Waals surface area contributed by atoms with E-state index in [2.05, 4.69) is 10.6 Å². The third kappa shape index (κ3) is 3.43. The van der Waals surface area contributed by atoms with Gasteiger partial charge in [0.1, 0.15) is 6.04 Å². The number of amides is 3. The van der Waals surface area contributed by atoms with Crippen molar-refractivity contribution in [2.24, 2.45) is 0 Å².